The van der Waals surface area contributed by atoms with E-state index in [1.165, 1.54) is 31.2 Å². The van der Waals surface area contributed by atoms with Crippen molar-refractivity contribution in [3.8, 4) is 0 Å². The number of aromatic nitrogens is 2. The number of nitrogens with zero attached hydrogens (tertiary/aromatic N) is 5. The van der Waals surface area contributed by atoms with Crippen molar-refractivity contribution in [2.75, 3.05) is 39.3 Å². The molecule has 11 heteroatoms. The average Bonchev–Trinajstić information content (AvgIpc) is 3.05. The monoisotopic (exact) mass is 684 g/mol. The van der Waals surface area contributed by atoms with Crippen molar-refractivity contribution in [3.63, 3.8) is 0 Å². The van der Waals surface area contributed by atoms with Crippen molar-refractivity contribution in [2.24, 2.45) is 0 Å². The minimum Gasteiger partial charge on any atom is -0.412 e. The minimum atomic E-state index is 0. The van der Waals surface area contributed by atoms with E-state index in [4.69, 9.17) is 11.6 Å². The van der Waals surface area contributed by atoms with E-state index in [2.05, 4.69) is 75.0 Å². The molecule has 3 aromatic rings. The summed E-state index contributed by atoms with van der Waals surface area (Å²) in [5.74, 6) is 0.0925. The smallest absolute Gasteiger partial charge is 0.257 e. The van der Waals surface area contributed by atoms with Crippen molar-refractivity contribution in [1.82, 2.24) is 30.0 Å². The second-order valence-electron chi connectivity index (χ2n) is 13.0. The van der Waals surface area contributed by atoms with E-state index in [0.29, 0.717) is 17.6 Å². The number of hydrogen-bond donors (Lipinski definition) is 2. The Labute approximate surface area is 291 Å². The number of nitrogens with one attached hydrogen (secondary N) is 1. The molecule has 9 nitrogen and oxygen atoms in total. The predicted molar refractivity (Wildman–Crippen MR) is 193 cm³/mol. The highest BCUT2D eigenvalue weighted by molar-refractivity contribution is 7.80. The molecule has 2 aromatic carbocycles. The van der Waals surface area contributed by atoms with Crippen molar-refractivity contribution in [3.05, 3.63) is 88.5 Å². The quantitative estimate of drug-likeness (QED) is 0.360. The Bertz CT molecular complexity index is 1360. The van der Waals surface area contributed by atoms with Gasteiger partial charge in [0, 0.05) is 60.3 Å². The molecule has 6 rings (SSSR count). The summed E-state index contributed by atoms with van der Waals surface area (Å²) in [5, 5.41) is 4.28. The fourth-order valence-electron chi connectivity index (χ4n) is 7.27. The Morgan fingerprint density at radius 3 is 2.06 bits per heavy atom. The van der Waals surface area contributed by atoms with Gasteiger partial charge in [-0.25, -0.2) is 9.97 Å². The van der Waals surface area contributed by atoms with Crippen LogP contribution in [0.1, 0.15) is 72.8 Å². The Morgan fingerprint density at radius 2 is 1.51 bits per heavy atom. The molecule has 1 aromatic heterocycles. The zero-order chi connectivity index (χ0) is 31.8. The summed E-state index contributed by atoms with van der Waals surface area (Å²) in [4.78, 5) is 30.3. The molecule has 4 heterocycles. The van der Waals surface area contributed by atoms with E-state index in [0.717, 1.165) is 80.0 Å². The van der Waals surface area contributed by atoms with Crippen molar-refractivity contribution in [1.29, 1.82) is 0 Å². The molecule has 258 valence electrons. The van der Waals surface area contributed by atoms with Gasteiger partial charge in [-0.1, -0.05) is 48.0 Å². The van der Waals surface area contributed by atoms with Gasteiger partial charge in [0.1, 0.15) is 6.33 Å². The molecule has 3 saturated heterocycles. The van der Waals surface area contributed by atoms with Gasteiger partial charge in [-0.3, -0.25) is 14.6 Å². The number of carbonyl (C=O) groups excluding carboxylic acids is 1. The normalized spacial score (nSPS) is 18.8. The lowest BCUT2D eigenvalue weighted by atomic mass is 9.84. The molecule has 47 heavy (non-hydrogen) atoms. The lowest BCUT2D eigenvalue weighted by molar-refractivity contribution is -0.0100. The Morgan fingerprint density at radius 1 is 0.915 bits per heavy atom. The fraction of sp³-hybridized carbons (Fsp3) is 0.528. The van der Waals surface area contributed by atoms with Gasteiger partial charge in [0.25, 0.3) is 5.91 Å². The Kier molecular flexibility index (Phi) is 15.1. The van der Waals surface area contributed by atoms with Crippen LogP contribution in [0.15, 0.2) is 65.8 Å². The van der Waals surface area contributed by atoms with Crippen LogP contribution in [0.2, 0.25) is 5.02 Å². The summed E-state index contributed by atoms with van der Waals surface area (Å²) >= 11 is 9.67. The number of rotatable bonds is 6. The fourth-order valence-corrected chi connectivity index (χ4v) is 7.76. The van der Waals surface area contributed by atoms with Crippen LogP contribution in [0.4, 0.5) is 0 Å². The maximum atomic E-state index is 13.3. The molecule has 0 radical (unpaired) electrons. The lowest BCUT2D eigenvalue weighted by Gasteiger charge is -2.51. The number of aryl methyl sites for hydroxylation is 2. The van der Waals surface area contributed by atoms with E-state index >= 15 is 0 Å². The Hall–Kier alpha value is -2.57. The highest BCUT2D eigenvalue weighted by Gasteiger charge is 2.40. The van der Waals surface area contributed by atoms with Gasteiger partial charge in [-0.05, 0) is 96.1 Å². The van der Waals surface area contributed by atoms with Gasteiger partial charge in [0.15, 0.2) is 0 Å². The number of thiol groups is 1. The number of likely N-dealkylation sites (tertiary alicyclic amines) is 2. The number of hydrogen-bond acceptors (Lipinski definition) is 7. The maximum absolute atomic E-state index is 13.3. The topological polar surface area (TPSA) is 128 Å². The summed E-state index contributed by atoms with van der Waals surface area (Å²) in [5.41, 5.74) is 3.84. The highest BCUT2D eigenvalue weighted by atomic mass is 35.5. The van der Waals surface area contributed by atoms with Gasteiger partial charge in [-0.15, -0.1) is 12.6 Å². The van der Waals surface area contributed by atoms with Crippen molar-refractivity contribution >= 4 is 30.1 Å². The third-order valence-corrected chi connectivity index (χ3v) is 10.6. The Balaban J connectivity index is 0.000000527. The standard InChI is InChI=1S/C30H44N6O.C6H5ClS.2H2O/c1-23-28(24(2)33-22-32-23)29(37)34-19-13-30(3,14-20-34)35-17-11-27(12-18-35)36(26-9-15-31-16-10-26)21-25-7-5-4-6-8-25;7-5-2-1-3-6(8)4-5;;/h4-8,22,26-27,31H,9-21H2,1-3H3;1-4,8H;2*1H2. The molecule has 3 fully saturated rings. The van der Waals surface area contributed by atoms with Crippen LogP contribution in [-0.2, 0) is 6.54 Å². The van der Waals surface area contributed by atoms with Gasteiger partial charge in [-0.2, -0.15) is 0 Å². The lowest BCUT2D eigenvalue weighted by Crippen LogP contribution is -2.59. The molecule has 0 aliphatic carbocycles. The molecule has 0 spiro atoms. The molecule has 0 saturated carbocycles. The summed E-state index contributed by atoms with van der Waals surface area (Å²) in [6, 6.07) is 19.7. The molecule has 5 N–H and O–H groups in total. The van der Waals surface area contributed by atoms with Crippen LogP contribution >= 0.6 is 24.2 Å². The molecule has 0 unspecified atom stereocenters. The average molecular weight is 685 g/mol. The van der Waals surface area contributed by atoms with Gasteiger partial charge in [0.05, 0.1) is 17.0 Å². The largest absolute Gasteiger partial charge is 0.412 e. The van der Waals surface area contributed by atoms with Gasteiger partial charge >= 0.3 is 0 Å². The van der Waals surface area contributed by atoms with Crippen LogP contribution in [-0.4, -0.2) is 98.4 Å². The molecule has 0 bridgehead atoms. The zero-order valence-electron chi connectivity index (χ0n) is 28.1. The first-order chi connectivity index (χ1) is 21.7. The number of piperidine rings is 3. The van der Waals surface area contributed by atoms with Crippen LogP contribution in [0.25, 0.3) is 0 Å². The second kappa shape index (κ2) is 18.3. The van der Waals surface area contributed by atoms with Crippen LogP contribution in [0, 0.1) is 13.8 Å². The second-order valence-corrected chi connectivity index (χ2v) is 14.0. The molecule has 0 atom stereocenters. The maximum Gasteiger partial charge on any atom is 0.257 e. The molecular weight excluding hydrogens is 632 g/mol. The van der Waals surface area contributed by atoms with Crippen LogP contribution < -0.4 is 5.32 Å². The minimum absolute atomic E-state index is 0. The molecule has 1 amide bonds. The third-order valence-electron chi connectivity index (χ3n) is 10.1. The van der Waals surface area contributed by atoms with Crippen molar-refractivity contribution < 1.29 is 15.7 Å². The third kappa shape index (κ3) is 10.2. The molecule has 3 aliphatic rings. The van der Waals surface area contributed by atoms with Crippen LogP contribution in [0.5, 0.6) is 0 Å². The summed E-state index contributed by atoms with van der Waals surface area (Å²) < 4.78 is 0. The molecule has 3 aliphatic heterocycles. The first-order valence-corrected chi connectivity index (χ1v) is 17.3. The first kappa shape index (κ1) is 38.9. The zero-order valence-corrected chi connectivity index (χ0v) is 29.7. The van der Waals surface area contributed by atoms with E-state index in [1.54, 1.807) is 12.4 Å². The van der Waals surface area contributed by atoms with E-state index in [1.807, 2.05) is 36.9 Å². The number of halogens is 1. The number of carbonyl (C=O) groups is 1. The molecular formula is C36H53ClN6O3S. The highest BCUT2D eigenvalue weighted by Crippen LogP contribution is 2.34. The van der Waals surface area contributed by atoms with Gasteiger partial charge < -0.3 is 21.2 Å². The summed E-state index contributed by atoms with van der Waals surface area (Å²) in [6.07, 6.45) is 8.56. The summed E-state index contributed by atoms with van der Waals surface area (Å²) in [6.45, 7) is 13.5. The summed E-state index contributed by atoms with van der Waals surface area (Å²) in [7, 11) is 0. The van der Waals surface area contributed by atoms with Gasteiger partial charge in [0.2, 0.25) is 0 Å². The predicted octanol–water partition coefficient (Wildman–Crippen LogP) is 4.79. The van der Waals surface area contributed by atoms with E-state index in [9.17, 15) is 4.79 Å². The first-order valence-electron chi connectivity index (χ1n) is 16.5. The number of amides is 1. The van der Waals surface area contributed by atoms with Crippen molar-refractivity contribution in [2.45, 2.75) is 88.4 Å². The van der Waals surface area contributed by atoms with Crippen LogP contribution in [0.3, 0.4) is 0 Å². The SMILES string of the molecule is Cc1ncnc(C)c1C(=O)N1CCC(C)(N2CCC(N(Cc3ccccc3)C3CCNCC3)CC2)CC1.O.O.Sc1cccc(Cl)c1. The number of benzene rings is 2. The van der Waals surface area contributed by atoms with E-state index in [-0.39, 0.29) is 22.4 Å². The van der Waals surface area contributed by atoms with E-state index < -0.39 is 0 Å².